The molecule has 2 aromatic rings. The summed E-state index contributed by atoms with van der Waals surface area (Å²) in [6.07, 6.45) is 0. The molecule has 0 aliphatic rings. The van der Waals surface area contributed by atoms with E-state index in [2.05, 4.69) is 10.2 Å². The maximum atomic E-state index is 11.4. The Morgan fingerprint density at radius 1 is 1.04 bits per heavy atom. The van der Waals surface area contributed by atoms with Gasteiger partial charge in [0.15, 0.2) is 11.1 Å². The molecule has 0 saturated carbocycles. The molecule has 0 heterocycles. The van der Waals surface area contributed by atoms with E-state index < -0.39 is 11.1 Å². The molecule has 0 aliphatic carbocycles. The number of ether oxygens (including phenoxy) is 2. The monoisotopic (exact) mass is 336 g/mol. The van der Waals surface area contributed by atoms with Crippen molar-refractivity contribution in [3.8, 4) is 11.5 Å². The van der Waals surface area contributed by atoms with Crippen molar-refractivity contribution in [2.45, 2.75) is 4.90 Å². The van der Waals surface area contributed by atoms with E-state index in [1.54, 1.807) is 31.4 Å². The number of phenols is 1. The van der Waals surface area contributed by atoms with Crippen LogP contribution < -0.4 is 4.74 Å². The number of rotatable bonds is 7. The third kappa shape index (κ3) is 5.13. The topological polar surface area (TPSA) is 101 Å². The third-order valence-corrected chi connectivity index (χ3v) is 3.49. The summed E-state index contributed by atoms with van der Waals surface area (Å²) in [5, 5.41) is 17.2. The molecule has 0 aliphatic heterocycles. The molecule has 0 saturated heterocycles. The molecule has 0 bridgehead atoms. The SMILES string of the molecule is COCCOc1ccc(N=Nc2ccc(O)cc2)cc1S(=O)O. The van der Waals surface area contributed by atoms with E-state index in [4.69, 9.17) is 9.47 Å². The molecule has 2 aromatic carbocycles. The normalized spacial score (nSPS) is 12.4. The molecule has 0 amide bonds. The molecule has 0 radical (unpaired) electrons. The zero-order chi connectivity index (χ0) is 16.7. The van der Waals surface area contributed by atoms with Gasteiger partial charge in [-0.25, -0.2) is 4.21 Å². The van der Waals surface area contributed by atoms with Gasteiger partial charge in [-0.3, -0.25) is 0 Å². The van der Waals surface area contributed by atoms with E-state index in [1.165, 1.54) is 18.2 Å². The molecule has 2 rings (SSSR count). The zero-order valence-electron chi connectivity index (χ0n) is 12.4. The smallest absolute Gasteiger partial charge is 0.190 e. The third-order valence-electron chi connectivity index (χ3n) is 2.79. The van der Waals surface area contributed by atoms with Crippen molar-refractivity contribution in [1.29, 1.82) is 0 Å². The van der Waals surface area contributed by atoms with Gasteiger partial charge in [0, 0.05) is 7.11 Å². The van der Waals surface area contributed by atoms with Crippen molar-refractivity contribution in [3.63, 3.8) is 0 Å². The average Bonchev–Trinajstić information content (AvgIpc) is 2.55. The maximum absolute atomic E-state index is 11.4. The molecule has 23 heavy (non-hydrogen) atoms. The summed E-state index contributed by atoms with van der Waals surface area (Å²) < 4.78 is 31.0. The molecule has 1 unspecified atom stereocenters. The van der Waals surface area contributed by atoms with E-state index in [0.29, 0.717) is 23.7 Å². The second-order valence-electron chi connectivity index (χ2n) is 4.44. The Balaban J connectivity index is 2.18. The van der Waals surface area contributed by atoms with Crippen LogP contribution in [-0.2, 0) is 15.8 Å². The van der Waals surface area contributed by atoms with E-state index in [0.717, 1.165) is 0 Å². The predicted octanol–water partition coefficient (Wildman–Crippen LogP) is 3.41. The highest BCUT2D eigenvalue weighted by atomic mass is 32.2. The van der Waals surface area contributed by atoms with Gasteiger partial charge in [-0.05, 0) is 42.5 Å². The first-order chi connectivity index (χ1) is 11.1. The highest BCUT2D eigenvalue weighted by Gasteiger charge is 2.10. The van der Waals surface area contributed by atoms with Gasteiger partial charge >= 0.3 is 0 Å². The lowest BCUT2D eigenvalue weighted by atomic mass is 10.3. The molecular weight excluding hydrogens is 320 g/mol. The van der Waals surface area contributed by atoms with E-state index in [-0.39, 0.29) is 17.3 Å². The minimum atomic E-state index is -2.21. The molecule has 7 nitrogen and oxygen atoms in total. The Kier molecular flexibility index (Phi) is 6.21. The Labute approximate surface area is 135 Å². The Bertz CT molecular complexity index is 704. The van der Waals surface area contributed by atoms with Crippen molar-refractivity contribution < 1.29 is 23.3 Å². The van der Waals surface area contributed by atoms with Gasteiger partial charge in [0.2, 0.25) is 0 Å². The number of phenolic OH excluding ortho intramolecular Hbond substituents is 1. The van der Waals surface area contributed by atoms with E-state index >= 15 is 0 Å². The maximum Gasteiger partial charge on any atom is 0.190 e. The van der Waals surface area contributed by atoms with Gasteiger partial charge in [0.25, 0.3) is 0 Å². The Morgan fingerprint density at radius 3 is 2.35 bits per heavy atom. The van der Waals surface area contributed by atoms with Crippen LogP contribution in [0, 0.1) is 0 Å². The number of benzene rings is 2. The van der Waals surface area contributed by atoms with Gasteiger partial charge < -0.3 is 19.1 Å². The van der Waals surface area contributed by atoms with Crippen LogP contribution in [-0.4, -0.2) is 34.2 Å². The highest BCUT2D eigenvalue weighted by molar-refractivity contribution is 7.79. The van der Waals surface area contributed by atoms with Crippen LogP contribution >= 0.6 is 0 Å². The summed E-state index contributed by atoms with van der Waals surface area (Å²) in [5.74, 6) is 0.436. The van der Waals surface area contributed by atoms with Crippen LogP contribution in [0.3, 0.4) is 0 Å². The fraction of sp³-hybridized carbons (Fsp3) is 0.200. The molecule has 1 atom stereocenters. The first kappa shape index (κ1) is 17.1. The standard InChI is InChI=1S/C15H16N2O5S/c1-21-8-9-22-14-7-4-12(10-15(14)23(19)20)17-16-11-2-5-13(18)6-3-11/h2-7,10,18H,8-9H2,1H3,(H,19,20). The van der Waals surface area contributed by atoms with Gasteiger partial charge in [0.1, 0.15) is 23.0 Å². The summed E-state index contributed by atoms with van der Waals surface area (Å²) in [6, 6.07) is 10.8. The first-order valence-corrected chi connectivity index (χ1v) is 7.78. The van der Waals surface area contributed by atoms with Crippen molar-refractivity contribution in [2.75, 3.05) is 20.3 Å². The molecule has 0 spiro atoms. The van der Waals surface area contributed by atoms with Crippen LogP contribution in [0.4, 0.5) is 11.4 Å². The van der Waals surface area contributed by atoms with Crippen molar-refractivity contribution in [2.24, 2.45) is 10.2 Å². The number of methoxy groups -OCH3 is 1. The molecule has 122 valence electrons. The summed E-state index contributed by atoms with van der Waals surface area (Å²) in [6.45, 7) is 0.648. The number of azo groups is 1. The number of hydrogen-bond acceptors (Lipinski definition) is 6. The lowest BCUT2D eigenvalue weighted by Crippen LogP contribution is -2.06. The number of nitrogens with zero attached hydrogens (tertiary/aromatic N) is 2. The van der Waals surface area contributed by atoms with Crippen LogP contribution in [0.5, 0.6) is 11.5 Å². The highest BCUT2D eigenvalue weighted by Crippen LogP contribution is 2.28. The predicted molar refractivity (Wildman–Crippen MR) is 85.1 cm³/mol. The summed E-state index contributed by atoms with van der Waals surface area (Å²) in [7, 11) is 1.54. The molecule has 0 fully saturated rings. The minimum absolute atomic E-state index is 0.114. The van der Waals surface area contributed by atoms with Crippen molar-refractivity contribution >= 4 is 22.5 Å². The Morgan fingerprint density at radius 2 is 1.70 bits per heavy atom. The Hall–Kier alpha value is -2.29. The largest absolute Gasteiger partial charge is 0.508 e. The van der Waals surface area contributed by atoms with Gasteiger partial charge in [-0.2, -0.15) is 10.2 Å². The van der Waals surface area contributed by atoms with Crippen LogP contribution in [0.1, 0.15) is 0 Å². The lowest BCUT2D eigenvalue weighted by molar-refractivity contribution is 0.144. The zero-order valence-corrected chi connectivity index (χ0v) is 13.2. The van der Waals surface area contributed by atoms with Gasteiger partial charge in [0.05, 0.1) is 18.0 Å². The van der Waals surface area contributed by atoms with Crippen molar-refractivity contribution in [1.82, 2.24) is 0 Å². The second-order valence-corrected chi connectivity index (χ2v) is 5.38. The van der Waals surface area contributed by atoms with Crippen LogP contribution in [0.2, 0.25) is 0 Å². The van der Waals surface area contributed by atoms with Crippen LogP contribution in [0.25, 0.3) is 0 Å². The summed E-state index contributed by atoms with van der Waals surface area (Å²) in [4.78, 5) is 0.114. The van der Waals surface area contributed by atoms with Crippen LogP contribution in [0.15, 0.2) is 57.6 Å². The summed E-state index contributed by atoms with van der Waals surface area (Å²) in [5.41, 5.74) is 0.962. The molecule has 0 aromatic heterocycles. The lowest BCUT2D eigenvalue weighted by Gasteiger charge is -2.09. The molecule has 2 N–H and O–H groups in total. The van der Waals surface area contributed by atoms with Gasteiger partial charge in [-0.1, -0.05) is 0 Å². The molecule has 8 heteroatoms. The summed E-state index contributed by atoms with van der Waals surface area (Å²) >= 11 is -2.21. The van der Waals surface area contributed by atoms with Crippen molar-refractivity contribution in [3.05, 3.63) is 42.5 Å². The first-order valence-electron chi connectivity index (χ1n) is 6.67. The average molecular weight is 336 g/mol. The van der Waals surface area contributed by atoms with Gasteiger partial charge in [-0.15, -0.1) is 0 Å². The fourth-order valence-corrected chi connectivity index (χ4v) is 2.21. The minimum Gasteiger partial charge on any atom is -0.508 e. The fourth-order valence-electron chi connectivity index (χ4n) is 1.68. The number of aromatic hydroxyl groups is 1. The quantitative estimate of drug-likeness (QED) is 0.458. The second kappa shape index (κ2) is 8.37. The van der Waals surface area contributed by atoms with E-state index in [9.17, 15) is 13.9 Å². The van der Waals surface area contributed by atoms with E-state index in [1.807, 2.05) is 0 Å². The number of hydrogen-bond donors (Lipinski definition) is 2. The molecular formula is C15H16N2O5S.